The molecule has 0 spiro atoms. The minimum absolute atomic E-state index is 0.0954. The van der Waals surface area contributed by atoms with Crippen LogP contribution >= 0.6 is 0 Å². The van der Waals surface area contributed by atoms with Crippen LogP contribution in [0.1, 0.15) is 68.2 Å². The molecular weight excluding hydrogens is 459 g/mol. The van der Waals surface area contributed by atoms with Crippen molar-refractivity contribution in [1.82, 2.24) is 0 Å². The highest BCUT2D eigenvalue weighted by Gasteiger charge is 2.37. The van der Waals surface area contributed by atoms with Gasteiger partial charge in [-0.05, 0) is 76.8 Å². The van der Waals surface area contributed by atoms with Gasteiger partial charge in [0.2, 0.25) is 0 Å². The van der Waals surface area contributed by atoms with Crippen molar-refractivity contribution in [2.75, 3.05) is 7.11 Å². The molecule has 1 fully saturated rings. The molecule has 1 saturated carbocycles. The van der Waals surface area contributed by atoms with Gasteiger partial charge in [-0.15, -0.1) is 0 Å². The van der Waals surface area contributed by atoms with Crippen molar-refractivity contribution < 1.29 is 28.9 Å². The first kappa shape index (κ1) is 25.7. The zero-order chi connectivity index (χ0) is 25.9. The van der Waals surface area contributed by atoms with E-state index in [1.165, 1.54) is 6.07 Å². The van der Waals surface area contributed by atoms with Crippen molar-refractivity contribution in [2.45, 2.75) is 58.2 Å². The van der Waals surface area contributed by atoms with Crippen LogP contribution in [0.15, 0.2) is 60.7 Å². The number of aliphatic hydroxyl groups is 1. The van der Waals surface area contributed by atoms with E-state index in [0.717, 1.165) is 36.0 Å². The number of halogens is 1. The number of rotatable bonds is 9. The fraction of sp³-hybridized carbons (Fsp3) is 0.367. The average molecular weight is 493 g/mol. The molecule has 0 unspecified atom stereocenters. The van der Waals surface area contributed by atoms with Gasteiger partial charge in [0.1, 0.15) is 23.9 Å². The SMILES string of the molecule is COc1ccc(F)c(-c2ccc(COc3cccc([C@H](O)CC(=O)O)c3)cc2[C@@H]2CCCC2(C)C)c1. The van der Waals surface area contributed by atoms with Crippen LogP contribution < -0.4 is 9.47 Å². The Balaban J connectivity index is 1.64. The van der Waals surface area contributed by atoms with Gasteiger partial charge in [-0.3, -0.25) is 4.79 Å². The molecule has 5 nitrogen and oxygen atoms in total. The quantitative estimate of drug-likeness (QED) is 0.340. The molecule has 1 aliphatic rings. The van der Waals surface area contributed by atoms with E-state index < -0.39 is 12.1 Å². The van der Waals surface area contributed by atoms with Crippen molar-refractivity contribution in [2.24, 2.45) is 5.41 Å². The third-order valence-electron chi connectivity index (χ3n) is 7.23. The van der Waals surface area contributed by atoms with Gasteiger partial charge >= 0.3 is 5.97 Å². The summed E-state index contributed by atoms with van der Waals surface area (Å²) < 4.78 is 26.3. The van der Waals surface area contributed by atoms with Crippen molar-refractivity contribution in [3.05, 3.63) is 83.2 Å². The minimum atomic E-state index is -1.10. The molecular formula is C30H33FO5. The fourth-order valence-electron chi connectivity index (χ4n) is 5.24. The fourth-order valence-corrected chi connectivity index (χ4v) is 5.24. The molecule has 6 heteroatoms. The summed E-state index contributed by atoms with van der Waals surface area (Å²) in [7, 11) is 1.58. The molecule has 0 amide bonds. The first-order valence-electron chi connectivity index (χ1n) is 12.3. The molecule has 4 rings (SSSR count). The van der Waals surface area contributed by atoms with Crippen molar-refractivity contribution in [3.8, 4) is 22.6 Å². The Bertz CT molecular complexity index is 1240. The van der Waals surface area contributed by atoms with Gasteiger partial charge in [0.05, 0.1) is 19.6 Å². The summed E-state index contributed by atoms with van der Waals surface area (Å²) in [5.74, 6) is 0.0906. The second-order valence-corrected chi connectivity index (χ2v) is 10.2. The van der Waals surface area contributed by atoms with Crippen LogP contribution in [0.5, 0.6) is 11.5 Å². The summed E-state index contributed by atoms with van der Waals surface area (Å²) in [6.45, 7) is 4.83. The molecule has 3 aromatic rings. The summed E-state index contributed by atoms with van der Waals surface area (Å²) in [6, 6.07) is 17.7. The summed E-state index contributed by atoms with van der Waals surface area (Å²) in [4.78, 5) is 10.9. The number of carbonyl (C=O) groups is 1. The number of carboxylic acids is 1. The standard InChI is InChI=1S/C30H33FO5/c1-30(2)13-5-8-26(30)24-14-19(9-11-23(24)25-16-21(35-3)10-12-27(25)31)18-36-22-7-4-6-20(15-22)28(32)17-29(33)34/h4,6-7,9-12,14-16,26,28,32H,5,8,13,17-18H2,1-3H3,(H,33,34)/t26-,28+/m0/s1. The summed E-state index contributed by atoms with van der Waals surface area (Å²) >= 11 is 0. The van der Waals surface area contributed by atoms with E-state index >= 15 is 0 Å². The maximum absolute atomic E-state index is 15.0. The number of hydrogen-bond acceptors (Lipinski definition) is 4. The Morgan fingerprint density at radius 1 is 1.08 bits per heavy atom. The molecule has 0 bridgehead atoms. The second-order valence-electron chi connectivity index (χ2n) is 10.2. The second kappa shape index (κ2) is 10.7. The Labute approximate surface area is 211 Å². The zero-order valence-corrected chi connectivity index (χ0v) is 21.0. The van der Waals surface area contributed by atoms with E-state index in [-0.39, 0.29) is 23.6 Å². The number of hydrogen-bond donors (Lipinski definition) is 2. The minimum Gasteiger partial charge on any atom is -0.497 e. The van der Waals surface area contributed by atoms with E-state index in [0.29, 0.717) is 29.2 Å². The van der Waals surface area contributed by atoms with E-state index in [9.17, 15) is 14.3 Å². The van der Waals surface area contributed by atoms with Crippen LogP contribution in [0.2, 0.25) is 0 Å². The summed E-state index contributed by atoms with van der Waals surface area (Å²) in [6.07, 6.45) is 1.82. The molecule has 2 atom stereocenters. The lowest BCUT2D eigenvalue weighted by Crippen LogP contribution is -2.17. The lowest BCUT2D eigenvalue weighted by molar-refractivity contribution is -0.139. The Hall–Kier alpha value is -3.38. The van der Waals surface area contributed by atoms with Crippen LogP contribution in [0.25, 0.3) is 11.1 Å². The van der Waals surface area contributed by atoms with Crippen molar-refractivity contribution in [1.29, 1.82) is 0 Å². The Kier molecular flexibility index (Phi) is 7.65. The van der Waals surface area contributed by atoms with Crippen molar-refractivity contribution >= 4 is 5.97 Å². The van der Waals surface area contributed by atoms with Crippen molar-refractivity contribution in [3.63, 3.8) is 0 Å². The van der Waals surface area contributed by atoms with E-state index in [1.807, 2.05) is 12.1 Å². The maximum Gasteiger partial charge on any atom is 0.306 e. The smallest absolute Gasteiger partial charge is 0.306 e. The van der Waals surface area contributed by atoms with Gasteiger partial charge in [0.25, 0.3) is 0 Å². The topological polar surface area (TPSA) is 76.0 Å². The molecule has 36 heavy (non-hydrogen) atoms. The molecule has 0 aliphatic heterocycles. The molecule has 3 aromatic carbocycles. The Morgan fingerprint density at radius 3 is 2.58 bits per heavy atom. The third kappa shape index (κ3) is 5.71. The highest BCUT2D eigenvalue weighted by Crippen LogP contribution is 2.51. The number of aliphatic hydroxyl groups excluding tert-OH is 1. The van der Waals surface area contributed by atoms with Gasteiger partial charge in [0, 0.05) is 5.56 Å². The normalized spacial score (nSPS) is 17.5. The van der Waals surface area contributed by atoms with Gasteiger partial charge in [-0.2, -0.15) is 0 Å². The Morgan fingerprint density at radius 2 is 1.89 bits per heavy atom. The molecule has 0 saturated heterocycles. The molecule has 0 aromatic heterocycles. The number of benzene rings is 3. The molecule has 190 valence electrons. The number of aliphatic carboxylic acids is 1. The van der Waals surface area contributed by atoms with E-state index in [1.54, 1.807) is 43.5 Å². The van der Waals surface area contributed by atoms with Crippen LogP contribution in [-0.4, -0.2) is 23.3 Å². The maximum atomic E-state index is 15.0. The number of carboxylic acid groups (broad SMARTS) is 1. The van der Waals surface area contributed by atoms with Crippen LogP contribution in [0, 0.1) is 11.2 Å². The number of ether oxygens (including phenoxy) is 2. The lowest BCUT2D eigenvalue weighted by Gasteiger charge is -2.30. The van der Waals surface area contributed by atoms with Crippen LogP contribution in [0.4, 0.5) is 4.39 Å². The summed E-state index contributed by atoms with van der Waals surface area (Å²) in [5, 5.41) is 19.1. The van der Waals surface area contributed by atoms with Gasteiger partial charge in [-0.1, -0.05) is 50.6 Å². The summed E-state index contributed by atoms with van der Waals surface area (Å²) in [5.41, 5.74) is 4.05. The molecule has 2 N–H and O–H groups in total. The first-order valence-corrected chi connectivity index (χ1v) is 12.3. The molecule has 0 radical (unpaired) electrons. The van der Waals surface area contributed by atoms with Crippen LogP contribution in [0.3, 0.4) is 0 Å². The number of methoxy groups -OCH3 is 1. The third-order valence-corrected chi connectivity index (χ3v) is 7.23. The lowest BCUT2D eigenvalue weighted by atomic mass is 9.75. The average Bonchev–Trinajstić information content (AvgIpc) is 3.21. The van der Waals surface area contributed by atoms with E-state index in [4.69, 9.17) is 14.6 Å². The molecule has 0 heterocycles. The predicted molar refractivity (Wildman–Crippen MR) is 137 cm³/mol. The first-order chi connectivity index (χ1) is 17.2. The van der Waals surface area contributed by atoms with E-state index in [2.05, 4.69) is 19.9 Å². The van der Waals surface area contributed by atoms with Gasteiger partial charge in [0.15, 0.2) is 0 Å². The van der Waals surface area contributed by atoms with Crippen LogP contribution in [-0.2, 0) is 11.4 Å². The predicted octanol–water partition coefficient (Wildman–Crippen LogP) is 6.88. The van der Waals surface area contributed by atoms with Gasteiger partial charge in [-0.25, -0.2) is 4.39 Å². The monoisotopic (exact) mass is 492 g/mol. The largest absolute Gasteiger partial charge is 0.497 e. The zero-order valence-electron chi connectivity index (χ0n) is 21.0. The van der Waals surface area contributed by atoms with Gasteiger partial charge < -0.3 is 19.7 Å². The highest BCUT2D eigenvalue weighted by atomic mass is 19.1. The highest BCUT2D eigenvalue weighted by molar-refractivity contribution is 5.71. The molecule has 1 aliphatic carbocycles.